The zero-order valence-corrected chi connectivity index (χ0v) is 17.6. The maximum absolute atomic E-state index is 12.8. The summed E-state index contributed by atoms with van der Waals surface area (Å²) >= 11 is 0. The lowest BCUT2D eigenvalue weighted by atomic mass is 9.96. The normalized spacial score (nSPS) is 19.9. The number of ether oxygens (including phenoxy) is 1. The van der Waals surface area contributed by atoms with Crippen molar-refractivity contribution in [1.82, 2.24) is 9.80 Å². The summed E-state index contributed by atoms with van der Waals surface area (Å²) in [7, 11) is 1.72. The summed E-state index contributed by atoms with van der Waals surface area (Å²) < 4.78 is 5.33. The Morgan fingerprint density at radius 1 is 1.32 bits per heavy atom. The van der Waals surface area contributed by atoms with Crippen LogP contribution in [0.3, 0.4) is 0 Å². The molecule has 2 aliphatic rings. The third kappa shape index (κ3) is 5.48. The highest BCUT2D eigenvalue weighted by molar-refractivity contribution is 5.95. The molecule has 1 aliphatic carbocycles. The Morgan fingerprint density at radius 3 is 2.89 bits per heavy atom. The van der Waals surface area contributed by atoms with Crippen LogP contribution in [0.4, 0.5) is 0 Å². The molecule has 1 aromatic carbocycles. The molecule has 3 rings (SSSR count). The first-order valence-electron chi connectivity index (χ1n) is 10.6. The number of carbonyl (C=O) groups is 1. The summed E-state index contributed by atoms with van der Waals surface area (Å²) in [5, 5.41) is 0. The second kappa shape index (κ2) is 9.92. The Hall–Kier alpha value is -2.07. The van der Waals surface area contributed by atoms with Gasteiger partial charge in [0.25, 0.3) is 0 Å². The fourth-order valence-corrected chi connectivity index (χ4v) is 4.30. The third-order valence-electron chi connectivity index (χ3n) is 5.91. The molecule has 1 heterocycles. The molecule has 0 saturated carbocycles. The molecule has 1 aromatic rings. The van der Waals surface area contributed by atoms with Crippen LogP contribution in [0.2, 0.25) is 0 Å². The number of benzene rings is 1. The summed E-state index contributed by atoms with van der Waals surface area (Å²) in [6.07, 6.45) is 8.36. The first-order chi connectivity index (χ1) is 13.6. The van der Waals surface area contributed by atoms with Gasteiger partial charge in [-0.15, -0.1) is 0 Å². The van der Waals surface area contributed by atoms with E-state index in [0.29, 0.717) is 5.92 Å². The number of likely N-dealkylation sites (tertiary alicyclic amines) is 1. The zero-order chi connectivity index (χ0) is 19.9. The van der Waals surface area contributed by atoms with E-state index in [0.717, 1.165) is 56.9 Å². The molecule has 1 fully saturated rings. The van der Waals surface area contributed by atoms with E-state index in [9.17, 15) is 4.79 Å². The summed E-state index contributed by atoms with van der Waals surface area (Å²) in [5.41, 5.74) is 3.55. The molecule has 0 radical (unpaired) electrons. The predicted octanol–water partition coefficient (Wildman–Crippen LogP) is 4.07. The van der Waals surface area contributed by atoms with Gasteiger partial charge < -0.3 is 14.5 Å². The van der Waals surface area contributed by atoms with Gasteiger partial charge in [-0.05, 0) is 69.7 Å². The van der Waals surface area contributed by atoms with Crippen molar-refractivity contribution >= 4 is 5.91 Å². The van der Waals surface area contributed by atoms with Gasteiger partial charge in [0.1, 0.15) is 5.75 Å². The first kappa shape index (κ1) is 20.7. The molecule has 1 unspecified atom stereocenters. The van der Waals surface area contributed by atoms with Crippen LogP contribution in [0.15, 0.2) is 47.6 Å². The van der Waals surface area contributed by atoms with Crippen LogP contribution in [0.25, 0.3) is 0 Å². The van der Waals surface area contributed by atoms with Crippen LogP contribution >= 0.6 is 0 Å². The van der Waals surface area contributed by atoms with E-state index < -0.39 is 0 Å². The summed E-state index contributed by atoms with van der Waals surface area (Å²) in [6.45, 7) is 9.17. The van der Waals surface area contributed by atoms with Crippen LogP contribution in [0.5, 0.6) is 5.75 Å². The van der Waals surface area contributed by atoms with Crippen LogP contribution in [0, 0.1) is 5.92 Å². The van der Waals surface area contributed by atoms with Crippen molar-refractivity contribution in [2.75, 3.05) is 39.8 Å². The maximum Gasteiger partial charge on any atom is 0.250 e. The highest BCUT2D eigenvalue weighted by Crippen LogP contribution is 2.23. The lowest BCUT2D eigenvalue weighted by Crippen LogP contribution is -2.43. The van der Waals surface area contributed by atoms with Crippen molar-refractivity contribution in [3.8, 4) is 5.75 Å². The van der Waals surface area contributed by atoms with E-state index in [4.69, 9.17) is 4.74 Å². The Labute approximate surface area is 169 Å². The molecule has 0 N–H and O–H groups in total. The predicted molar refractivity (Wildman–Crippen MR) is 115 cm³/mol. The van der Waals surface area contributed by atoms with Gasteiger partial charge >= 0.3 is 0 Å². The number of carbonyl (C=O) groups excluding carboxylic acids is 1. The van der Waals surface area contributed by atoms with E-state index in [-0.39, 0.29) is 5.91 Å². The molecule has 1 aliphatic heterocycles. The monoisotopic (exact) mass is 382 g/mol. The minimum Gasteiger partial charge on any atom is -0.497 e. The van der Waals surface area contributed by atoms with E-state index >= 15 is 0 Å². The van der Waals surface area contributed by atoms with Gasteiger partial charge in [-0.2, -0.15) is 0 Å². The quantitative estimate of drug-likeness (QED) is 0.679. The van der Waals surface area contributed by atoms with Gasteiger partial charge in [-0.25, -0.2) is 0 Å². The number of nitrogens with zero attached hydrogens (tertiary/aromatic N) is 2. The molecule has 0 bridgehead atoms. The third-order valence-corrected chi connectivity index (χ3v) is 5.91. The Bertz CT molecular complexity index is 738. The van der Waals surface area contributed by atoms with Crippen molar-refractivity contribution in [1.29, 1.82) is 0 Å². The largest absolute Gasteiger partial charge is 0.497 e. The average molecular weight is 383 g/mol. The van der Waals surface area contributed by atoms with Crippen LogP contribution in [0.1, 0.15) is 38.7 Å². The summed E-state index contributed by atoms with van der Waals surface area (Å²) in [4.78, 5) is 17.5. The van der Waals surface area contributed by atoms with Crippen LogP contribution < -0.4 is 4.74 Å². The highest BCUT2D eigenvalue weighted by Gasteiger charge is 2.25. The van der Waals surface area contributed by atoms with Gasteiger partial charge in [0, 0.05) is 31.8 Å². The smallest absolute Gasteiger partial charge is 0.250 e. The molecular weight excluding hydrogens is 348 g/mol. The number of likely N-dealkylation sites (N-methyl/N-ethyl adjacent to an activating group) is 1. The van der Waals surface area contributed by atoms with Crippen LogP contribution in [-0.4, -0.2) is 55.5 Å². The Kier molecular flexibility index (Phi) is 7.32. The molecule has 4 heteroatoms. The summed E-state index contributed by atoms with van der Waals surface area (Å²) in [6, 6.07) is 8.36. The van der Waals surface area contributed by atoms with Gasteiger partial charge in [0.15, 0.2) is 0 Å². The lowest BCUT2D eigenvalue weighted by Gasteiger charge is -2.35. The molecule has 1 atom stereocenters. The molecular formula is C24H34N2O2. The topological polar surface area (TPSA) is 32.8 Å². The van der Waals surface area contributed by atoms with E-state index in [2.05, 4.69) is 47.9 Å². The second-order valence-corrected chi connectivity index (χ2v) is 8.14. The van der Waals surface area contributed by atoms with Crippen molar-refractivity contribution in [3.05, 3.63) is 53.1 Å². The van der Waals surface area contributed by atoms with Gasteiger partial charge in [-0.1, -0.05) is 29.9 Å². The molecule has 1 amide bonds. The molecule has 0 spiro atoms. The number of piperidine rings is 1. The van der Waals surface area contributed by atoms with Gasteiger partial charge in [0.05, 0.1) is 7.11 Å². The van der Waals surface area contributed by atoms with E-state index in [1.807, 2.05) is 12.1 Å². The van der Waals surface area contributed by atoms with Crippen molar-refractivity contribution in [3.63, 3.8) is 0 Å². The number of rotatable bonds is 8. The molecule has 4 nitrogen and oxygen atoms in total. The highest BCUT2D eigenvalue weighted by atomic mass is 16.5. The van der Waals surface area contributed by atoms with E-state index in [1.165, 1.54) is 24.0 Å². The van der Waals surface area contributed by atoms with Crippen molar-refractivity contribution in [2.45, 2.75) is 39.5 Å². The number of allylic oxidation sites excluding steroid dienone is 3. The van der Waals surface area contributed by atoms with Gasteiger partial charge in [-0.3, -0.25) is 4.79 Å². The molecule has 28 heavy (non-hydrogen) atoms. The molecule has 152 valence electrons. The molecule has 1 saturated heterocycles. The number of amides is 1. The van der Waals surface area contributed by atoms with Gasteiger partial charge in [0.2, 0.25) is 5.91 Å². The lowest BCUT2D eigenvalue weighted by molar-refractivity contribution is -0.127. The maximum atomic E-state index is 12.8. The minimum atomic E-state index is 0.226. The van der Waals surface area contributed by atoms with Crippen molar-refractivity contribution in [2.24, 2.45) is 5.92 Å². The van der Waals surface area contributed by atoms with E-state index in [1.54, 1.807) is 7.11 Å². The summed E-state index contributed by atoms with van der Waals surface area (Å²) in [5.74, 6) is 1.72. The fourth-order valence-electron chi connectivity index (χ4n) is 4.30. The number of hydrogen-bond donors (Lipinski definition) is 0. The zero-order valence-electron chi connectivity index (χ0n) is 17.6. The Morgan fingerprint density at radius 2 is 2.18 bits per heavy atom. The molecule has 0 aromatic heterocycles. The fraction of sp³-hybridized carbons (Fsp3) is 0.542. The standard InChI is InChI=1S/C24H34N2O2/c1-4-26(24(27)22-11-10-19(2)15-22)18-21-8-6-13-25(17-21)14-12-20-7-5-9-23(16-20)28-3/h5,7,9-11,16,21H,4,6,8,12-15,17-18H2,1-3H3. The average Bonchev–Trinajstić information content (AvgIpc) is 3.17. The SMILES string of the molecule is CCN(CC1CCCN(CCc2cccc(OC)c2)C1)C(=O)C1=CC=C(C)C1. The number of methoxy groups -OCH3 is 1. The van der Waals surface area contributed by atoms with Crippen LogP contribution in [-0.2, 0) is 11.2 Å². The minimum absolute atomic E-state index is 0.226. The number of hydrogen-bond acceptors (Lipinski definition) is 3. The second-order valence-electron chi connectivity index (χ2n) is 8.14. The first-order valence-corrected chi connectivity index (χ1v) is 10.6. The Balaban J connectivity index is 1.50. The van der Waals surface area contributed by atoms with Crippen molar-refractivity contribution < 1.29 is 9.53 Å².